The molecule has 1 aliphatic heterocycles. The average molecular weight is 497 g/mol. The van der Waals surface area contributed by atoms with Gasteiger partial charge in [0.05, 0.1) is 6.04 Å². The van der Waals surface area contributed by atoms with E-state index < -0.39 is 47.9 Å². The van der Waals surface area contributed by atoms with Crippen molar-refractivity contribution in [1.29, 1.82) is 0 Å². The molecule has 0 radical (unpaired) electrons. The number of carboxylic acids is 1. The number of hydrogen-bond donors (Lipinski definition) is 5. The molecule has 0 bridgehead atoms. The van der Waals surface area contributed by atoms with Crippen molar-refractivity contribution in [3.8, 4) is 5.75 Å². The normalized spacial score (nSPS) is 17.6. The number of hydrogen-bond acceptors (Lipinski definition) is 6. The quantitative estimate of drug-likeness (QED) is 0.321. The number of nitrogens with zero attached hydrogens (tertiary/aromatic N) is 1. The number of phenols is 1. The van der Waals surface area contributed by atoms with E-state index in [-0.39, 0.29) is 25.1 Å². The van der Waals surface area contributed by atoms with Gasteiger partial charge >= 0.3 is 5.97 Å². The Morgan fingerprint density at radius 3 is 2.14 bits per heavy atom. The lowest BCUT2D eigenvalue weighted by Crippen LogP contribution is -2.58. The monoisotopic (exact) mass is 496 g/mol. The molecule has 2 aromatic carbocycles. The van der Waals surface area contributed by atoms with E-state index in [1.807, 2.05) is 30.3 Å². The zero-order valence-corrected chi connectivity index (χ0v) is 20.1. The first-order valence-electron chi connectivity index (χ1n) is 11.9. The zero-order chi connectivity index (χ0) is 26.2. The Hall–Kier alpha value is -3.92. The van der Waals surface area contributed by atoms with E-state index >= 15 is 0 Å². The highest BCUT2D eigenvalue weighted by molar-refractivity contribution is 5.94. The fourth-order valence-electron chi connectivity index (χ4n) is 4.19. The molecular formula is C26H32N4O6. The van der Waals surface area contributed by atoms with Crippen LogP contribution in [0.1, 0.15) is 30.9 Å². The third-order valence-electron chi connectivity index (χ3n) is 6.14. The maximum atomic E-state index is 13.5. The van der Waals surface area contributed by atoms with Crippen LogP contribution in [-0.4, -0.2) is 69.5 Å². The molecule has 3 rings (SSSR count). The van der Waals surface area contributed by atoms with Crippen molar-refractivity contribution in [1.82, 2.24) is 15.5 Å². The fraction of sp³-hybridized carbons (Fsp3) is 0.385. The first-order chi connectivity index (χ1) is 17.2. The summed E-state index contributed by atoms with van der Waals surface area (Å²) < 4.78 is 0. The Morgan fingerprint density at radius 1 is 0.944 bits per heavy atom. The molecule has 10 nitrogen and oxygen atoms in total. The highest BCUT2D eigenvalue weighted by Crippen LogP contribution is 2.20. The minimum absolute atomic E-state index is 0.0534. The summed E-state index contributed by atoms with van der Waals surface area (Å²) in [5.74, 6) is -2.66. The van der Waals surface area contributed by atoms with E-state index in [4.69, 9.17) is 5.73 Å². The van der Waals surface area contributed by atoms with Crippen molar-refractivity contribution in [3.63, 3.8) is 0 Å². The van der Waals surface area contributed by atoms with Crippen molar-refractivity contribution in [3.05, 3.63) is 65.7 Å². The smallest absolute Gasteiger partial charge is 0.326 e. The number of rotatable bonds is 10. The molecule has 2 aromatic rings. The Labute approximate surface area is 209 Å². The van der Waals surface area contributed by atoms with Crippen molar-refractivity contribution in [2.24, 2.45) is 5.73 Å². The van der Waals surface area contributed by atoms with Gasteiger partial charge in [0.2, 0.25) is 17.7 Å². The van der Waals surface area contributed by atoms with Gasteiger partial charge in [-0.1, -0.05) is 42.5 Å². The molecule has 3 amide bonds. The Kier molecular flexibility index (Phi) is 9.02. The van der Waals surface area contributed by atoms with Gasteiger partial charge in [-0.25, -0.2) is 4.79 Å². The van der Waals surface area contributed by atoms with Gasteiger partial charge in [0.15, 0.2) is 0 Å². The maximum absolute atomic E-state index is 13.5. The molecule has 0 aliphatic carbocycles. The maximum Gasteiger partial charge on any atom is 0.326 e. The zero-order valence-electron chi connectivity index (χ0n) is 20.1. The van der Waals surface area contributed by atoms with Gasteiger partial charge in [-0.05, 0) is 43.0 Å². The summed E-state index contributed by atoms with van der Waals surface area (Å²) in [6.07, 6.45) is 1.13. The second kappa shape index (κ2) is 12.2. The van der Waals surface area contributed by atoms with E-state index in [0.717, 1.165) is 5.56 Å². The number of nitrogens with two attached hydrogens (primary N) is 1. The van der Waals surface area contributed by atoms with Crippen LogP contribution >= 0.6 is 0 Å². The largest absolute Gasteiger partial charge is 0.508 e. The number of phenolic OH excluding ortho intramolecular Hbond substituents is 1. The average Bonchev–Trinajstić information content (AvgIpc) is 3.35. The topological polar surface area (TPSA) is 162 Å². The summed E-state index contributed by atoms with van der Waals surface area (Å²) in [5, 5.41) is 24.5. The molecule has 0 aromatic heterocycles. The number of aromatic hydroxyl groups is 1. The van der Waals surface area contributed by atoms with Crippen molar-refractivity contribution < 1.29 is 29.4 Å². The lowest BCUT2D eigenvalue weighted by Gasteiger charge is -2.29. The van der Waals surface area contributed by atoms with E-state index in [9.17, 15) is 29.4 Å². The second-order valence-corrected chi connectivity index (χ2v) is 9.00. The summed E-state index contributed by atoms with van der Waals surface area (Å²) >= 11 is 0. The van der Waals surface area contributed by atoms with Gasteiger partial charge in [-0.2, -0.15) is 0 Å². The molecule has 1 fully saturated rings. The van der Waals surface area contributed by atoms with Crippen LogP contribution in [0.2, 0.25) is 0 Å². The van der Waals surface area contributed by atoms with Crippen LogP contribution in [0.3, 0.4) is 0 Å². The summed E-state index contributed by atoms with van der Waals surface area (Å²) in [4.78, 5) is 52.2. The lowest BCUT2D eigenvalue weighted by molar-refractivity contribution is -0.149. The number of amides is 3. The molecule has 36 heavy (non-hydrogen) atoms. The minimum Gasteiger partial charge on any atom is -0.508 e. The van der Waals surface area contributed by atoms with Crippen molar-refractivity contribution in [2.45, 2.75) is 56.8 Å². The second-order valence-electron chi connectivity index (χ2n) is 9.00. The number of carbonyl (C=O) groups is 4. The molecule has 192 valence electrons. The summed E-state index contributed by atoms with van der Waals surface area (Å²) in [5.41, 5.74) is 7.15. The minimum atomic E-state index is -1.10. The number of carboxylic acid groups (broad SMARTS) is 1. The predicted molar refractivity (Wildman–Crippen MR) is 132 cm³/mol. The van der Waals surface area contributed by atoms with E-state index in [1.165, 1.54) is 24.0 Å². The van der Waals surface area contributed by atoms with Crippen LogP contribution in [0, 0.1) is 0 Å². The van der Waals surface area contributed by atoms with Crippen LogP contribution < -0.4 is 16.4 Å². The Morgan fingerprint density at radius 2 is 1.53 bits per heavy atom. The number of benzene rings is 2. The van der Waals surface area contributed by atoms with E-state index in [1.54, 1.807) is 12.1 Å². The highest BCUT2D eigenvalue weighted by atomic mass is 16.4. The van der Waals surface area contributed by atoms with Crippen molar-refractivity contribution >= 4 is 23.7 Å². The molecule has 6 N–H and O–H groups in total. The van der Waals surface area contributed by atoms with Crippen LogP contribution in [0.15, 0.2) is 54.6 Å². The van der Waals surface area contributed by atoms with E-state index in [0.29, 0.717) is 18.4 Å². The summed E-state index contributed by atoms with van der Waals surface area (Å²) in [6, 6.07) is 11.4. The highest BCUT2D eigenvalue weighted by Gasteiger charge is 2.38. The molecule has 1 heterocycles. The van der Waals surface area contributed by atoms with Gasteiger partial charge < -0.3 is 31.5 Å². The van der Waals surface area contributed by atoms with Gasteiger partial charge in [-0.15, -0.1) is 0 Å². The molecule has 1 aliphatic rings. The van der Waals surface area contributed by atoms with Gasteiger partial charge in [-0.3, -0.25) is 14.4 Å². The number of nitrogens with one attached hydrogen (secondary N) is 2. The molecular weight excluding hydrogens is 464 g/mol. The number of carbonyl (C=O) groups excluding carboxylic acids is 3. The van der Waals surface area contributed by atoms with Gasteiger partial charge in [0.1, 0.15) is 23.9 Å². The third-order valence-corrected chi connectivity index (χ3v) is 6.14. The molecule has 10 heteroatoms. The summed E-state index contributed by atoms with van der Waals surface area (Å²) in [6.45, 7) is 1.77. The van der Waals surface area contributed by atoms with Gasteiger partial charge in [0, 0.05) is 19.4 Å². The first-order valence-corrected chi connectivity index (χ1v) is 11.9. The van der Waals surface area contributed by atoms with Crippen molar-refractivity contribution in [2.75, 3.05) is 6.54 Å². The van der Waals surface area contributed by atoms with Crippen LogP contribution in [-0.2, 0) is 32.0 Å². The fourth-order valence-corrected chi connectivity index (χ4v) is 4.19. The molecule has 4 unspecified atom stereocenters. The molecule has 1 saturated heterocycles. The lowest BCUT2D eigenvalue weighted by atomic mass is 10.0. The predicted octanol–water partition coefficient (Wildman–Crippen LogP) is 0.570. The van der Waals surface area contributed by atoms with Crippen LogP contribution in [0.4, 0.5) is 0 Å². The molecule has 0 spiro atoms. The van der Waals surface area contributed by atoms with Crippen LogP contribution in [0.25, 0.3) is 0 Å². The number of aliphatic carboxylic acids is 1. The Bertz CT molecular complexity index is 1070. The third kappa shape index (κ3) is 7.05. The number of likely N-dealkylation sites (tertiary alicyclic amines) is 1. The van der Waals surface area contributed by atoms with Crippen LogP contribution in [0.5, 0.6) is 5.75 Å². The standard InChI is InChI=1S/C26H32N4O6/c1-16(27)23(32)28-20(14-17-6-3-2-4-7-17)24(33)29-21(15-18-9-11-19(31)12-10-18)25(34)30-13-5-8-22(30)26(35)36/h2-4,6-7,9-12,16,20-22,31H,5,8,13-15,27H2,1H3,(H,28,32)(H,29,33)(H,35,36). The van der Waals surface area contributed by atoms with Gasteiger partial charge in [0.25, 0.3) is 0 Å². The summed E-state index contributed by atoms with van der Waals surface area (Å²) in [7, 11) is 0. The molecule has 4 atom stereocenters. The SMILES string of the molecule is CC(N)C(=O)NC(Cc1ccccc1)C(=O)NC(Cc1ccc(O)cc1)C(=O)N1CCCC1C(=O)O. The van der Waals surface area contributed by atoms with E-state index in [2.05, 4.69) is 10.6 Å². The Balaban J connectivity index is 1.86. The molecule has 0 saturated carbocycles. The first kappa shape index (κ1) is 26.7.